The molecule has 6 amide bonds. The molecular formula is C74H120F6N22O20. The number of hydrogen-bond donors (Lipinski definition) is 2. The number of ketones is 2. The van der Waals surface area contributed by atoms with Crippen LogP contribution in [0.4, 0.5) is 26.3 Å². The molecule has 0 radical (unpaired) electrons. The molecule has 8 heterocycles. The second kappa shape index (κ2) is 69.0. The number of aromatic nitrogens is 18. The Kier molecular flexibility index (Phi) is 60.3. The van der Waals surface area contributed by atoms with E-state index in [4.69, 9.17) is 56.8 Å². The first-order valence-corrected chi connectivity index (χ1v) is 40.0. The molecule has 6 aromatic rings. The van der Waals surface area contributed by atoms with E-state index >= 15 is 0 Å². The largest absolute Gasteiger partial charge is 0.379 e. The Morgan fingerprint density at radius 3 is 0.803 bits per heavy atom. The highest BCUT2D eigenvalue weighted by Crippen LogP contribution is 2.19. The van der Waals surface area contributed by atoms with Crippen molar-refractivity contribution in [1.29, 1.82) is 0 Å². The SMILES string of the molecule is CC(=O)CCOCCn1cc(COCC[18F])nn1.CC(=O)CCOCc1cn(CCOCC[18F])nn1.CC1CC(=O)N(CCOCCn2cc(COCC[18F])nn2)C1=O.CC1CC(=O)N(CCOCc2cn(CCOCC[18F])nn2)C1=O.CCC(=O)NCCOCCn1cc(COCC[18F])nn1.CCC(=O)NCCOCc1cn(CCOCC[18F])nn1. The van der Waals surface area contributed by atoms with Crippen molar-refractivity contribution in [1.82, 2.24) is 110 Å². The van der Waals surface area contributed by atoms with E-state index in [0.717, 1.165) is 0 Å². The molecule has 2 aliphatic heterocycles. The summed E-state index contributed by atoms with van der Waals surface area (Å²) in [7, 11) is 0. The van der Waals surface area contributed by atoms with Crippen LogP contribution in [-0.2, 0) is 174 Å². The number of likely N-dealkylation sites (tertiary alicyclic amines) is 2. The van der Waals surface area contributed by atoms with Crippen molar-refractivity contribution in [2.45, 2.75) is 159 Å². The fourth-order valence-electron chi connectivity index (χ4n) is 9.72. The van der Waals surface area contributed by atoms with Gasteiger partial charge in [-0.3, -0.25) is 48.2 Å². The number of carbonyl (C=O) groups excluding carboxylic acids is 8. The van der Waals surface area contributed by atoms with Crippen LogP contribution in [0.25, 0.3) is 0 Å². The molecule has 6 aromatic heterocycles. The topological polar surface area (TPSA) is 462 Å². The Morgan fingerprint density at radius 1 is 0.328 bits per heavy atom. The molecule has 2 saturated heterocycles. The number of hydrogen-bond acceptors (Lipinski definition) is 32. The van der Waals surface area contributed by atoms with Crippen LogP contribution in [0.2, 0.25) is 0 Å². The normalized spacial score (nSPS) is 13.5. The number of imide groups is 2. The van der Waals surface area contributed by atoms with E-state index in [2.05, 4.69) is 72.5 Å². The van der Waals surface area contributed by atoms with Crippen LogP contribution in [0.3, 0.4) is 0 Å². The van der Waals surface area contributed by atoms with E-state index in [-0.39, 0.29) is 157 Å². The van der Waals surface area contributed by atoms with Gasteiger partial charge in [-0.15, -0.1) is 30.6 Å². The fourth-order valence-corrected chi connectivity index (χ4v) is 9.72. The molecule has 2 fully saturated rings. The summed E-state index contributed by atoms with van der Waals surface area (Å²) in [4.78, 5) is 92.3. The lowest BCUT2D eigenvalue weighted by Crippen LogP contribution is -2.33. The summed E-state index contributed by atoms with van der Waals surface area (Å²) in [5.74, 6) is -0.781. The quantitative estimate of drug-likeness (QED) is 0.0314. The minimum Gasteiger partial charge on any atom is -0.379 e. The predicted octanol–water partition coefficient (Wildman–Crippen LogP) is 2.49. The van der Waals surface area contributed by atoms with E-state index in [1.165, 1.54) is 23.6 Å². The van der Waals surface area contributed by atoms with Crippen LogP contribution in [0, 0.1) is 11.8 Å². The van der Waals surface area contributed by atoms with Gasteiger partial charge in [0.05, 0.1) is 248 Å². The number of carbonyl (C=O) groups is 8. The standard InChI is InChI=1S/2C14H21FN4O4.2C12H21FN4O3.2C11H18FN3O3/c1-11-8-13(20)19(14(11)21)4-7-22-6-3-18-9-12(16-17-18)10-23-5-2-15;1-11-8-13(20)19(14(11)21)4-7-23-10-12-9-18(17-16-12)3-6-22-5-2-15;1-2-12(18)14-4-7-19-8-5-17-9-11(15-16-17)10-20-6-3-13;1-2-12(18)14-4-7-20-10-11-9-17(16-15-11)5-8-19-6-3-13;1-10(16)2-5-18-9-11-8-15(14-13-11)4-7-17-6-3-12;1-10(16)2-5-17-7-4-15-8-11(13-14-15)9-18-6-3-12/h2*9,11H,2-8,10H2,1H3;2*9H,2-8,10H2,1H3,(H,14,18);2*8H,2-7,9H2,1H3/i2*15-1;2*13-1;2*12-1. The molecule has 2 N–H and O–H groups in total. The molecule has 2 atom stereocenters. The highest BCUT2D eigenvalue weighted by atomic mass is 18.2. The van der Waals surface area contributed by atoms with Gasteiger partial charge in [-0.2, -0.15) is 0 Å². The van der Waals surface area contributed by atoms with E-state index in [0.29, 0.717) is 198 Å². The Labute approximate surface area is 703 Å². The first-order chi connectivity index (χ1) is 59.2. The smallest absolute Gasteiger partial charge is 0.232 e. The van der Waals surface area contributed by atoms with Crippen molar-refractivity contribution in [2.24, 2.45) is 11.8 Å². The predicted molar refractivity (Wildman–Crippen MR) is 417 cm³/mol. The van der Waals surface area contributed by atoms with Crippen LogP contribution in [0.1, 0.15) is 114 Å². The Hall–Kier alpha value is -9.50. The number of alkyl halides is 6. The zero-order valence-corrected chi connectivity index (χ0v) is 70.5. The highest BCUT2D eigenvalue weighted by Gasteiger charge is 2.36. The first-order valence-electron chi connectivity index (χ1n) is 40.0. The monoisotopic (exact) mass is 1740 g/mol. The molecule has 0 saturated carbocycles. The average Bonchev–Trinajstić information content (AvgIpc) is 1.71. The average molecular weight is 1750 g/mol. The van der Waals surface area contributed by atoms with Crippen molar-refractivity contribution in [3.05, 3.63) is 71.3 Å². The summed E-state index contributed by atoms with van der Waals surface area (Å²) >= 11 is 0. The van der Waals surface area contributed by atoms with Gasteiger partial charge < -0.3 is 67.5 Å². The maximum Gasteiger partial charge on any atom is 0.232 e. The lowest BCUT2D eigenvalue weighted by Gasteiger charge is -2.14. The maximum atomic E-state index is 11.9. The zero-order chi connectivity index (χ0) is 89.0. The van der Waals surface area contributed by atoms with Crippen LogP contribution < -0.4 is 10.6 Å². The van der Waals surface area contributed by atoms with Gasteiger partial charge in [0, 0.05) is 63.5 Å². The molecule has 2 unspecified atom stereocenters. The Balaban J connectivity index is 0.000000379. The number of amides is 6. The number of ether oxygens (including phenoxy) is 12. The molecule has 122 heavy (non-hydrogen) atoms. The summed E-state index contributed by atoms with van der Waals surface area (Å²) in [5, 5.41) is 52.2. The molecule has 2 aliphatic rings. The van der Waals surface area contributed by atoms with Gasteiger partial charge in [0.15, 0.2) is 0 Å². The molecule has 0 aromatic carbocycles. The van der Waals surface area contributed by atoms with Gasteiger partial charge in [-0.1, -0.05) is 59.0 Å². The van der Waals surface area contributed by atoms with Gasteiger partial charge in [0.2, 0.25) is 35.4 Å². The summed E-state index contributed by atoms with van der Waals surface area (Å²) in [5.41, 5.74) is 3.99. The van der Waals surface area contributed by atoms with E-state index in [1.807, 2.05) is 0 Å². The van der Waals surface area contributed by atoms with Crippen LogP contribution in [0.15, 0.2) is 37.2 Å². The summed E-state index contributed by atoms with van der Waals surface area (Å²) in [6.07, 6.45) is 12.7. The van der Waals surface area contributed by atoms with Gasteiger partial charge >= 0.3 is 0 Å². The number of nitrogens with one attached hydrogen (secondary N) is 2. The molecule has 0 aliphatic carbocycles. The second-order valence-electron chi connectivity index (χ2n) is 26.2. The fraction of sp³-hybridized carbons (Fsp3) is 0.730. The molecule has 0 spiro atoms. The third-order valence-corrected chi connectivity index (χ3v) is 16.0. The van der Waals surface area contributed by atoms with Crippen LogP contribution >= 0.6 is 0 Å². The highest BCUT2D eigenvalue weighted by molar-refractivity contribution is 6.03. The zero-order valence-electron chi connectivity index (χ0n) is 70.5. The summed E-state index contributed by atoms with van der Waals surface area (Å²) in [6, 6.07) is 0. The molecule has 0 bridgehead atoms. The number of nitrogens with zero attached hydrogens (tertiary/aromatic N) is 20. The molecule has 688 valence electrons. The maximum absolute atomic E-state index is 11.9. The first kappa shape index (κ1) is 107. The lowest BCUT2D eigenvalue weighted by molar-refractivity contribution is -0.141. The summed E-state index contributed by atoms with van der Waals surface area (Å²) in [6.45, 7) is 18.8. The minimum absolute atomic E-state index is 0.00724. The van der Waals surface area contributed by atoms with Gasteiger partial charge in [-0.05, 0) is 13.8 Å². The molecule has 42 nitrogen and oxygen atoms in total. The van der Waals surface area contributed by atoms with Crippen molar-refractivity contribution < 1.29 is 122 Å². The summed E-state index contributed by atoms with van der Waals surface area (Å²) < 4.78 is 143. The number of Topliss-reactive ketones (excluding diaryl/α,β-unsaturated/α-hetero) is 2. The number of rotatable bonds is 62. The molecule has 48 heteroatoms. The molecular weight excluding hydrogens is 1620 g/mol. The second-order valence-corrected chi connectivity index (χ2v) is 26.2. The van der Waals surface area contributed by atoms with Crippen molar-refractivity contribution in [2.75, 3.05) is 185 Å². The minimum atomic E-state index is -0.525. The third kappa shape index (κ3) is 51.4. The Morgan fingerprint density at radius 2 is 0.541 bits per heavy atom. The van der Waals surface area contributed by atoms with Crippen LogP contribution in [0.5, 0.6) is 0 Å². The third-order valence-electron chi connectivity index (χ3n) is 16.0. The Bertz CT molecular complexity index is 3770. The van der Waals surface area contributed by atoms with E-state index < -0.39 is 40.0 Å². The van der Waals surface area contributed by atoms with E-state index in [1.54, 1.807) is 93.0 Å². The van der Waals surface area contributed by atoms with Crippen molar-refractivity contribution in [3.8, 4) is 0 Å². The van der Waals surface area contributed by atoms with Gasteiger partial charge in [0.1, 0.15) is 85.8 Å². The van der Waals surface area contributed by atoms with E-state index in [9.17, 15) is 64.7 Å². The van der Waals surface area contributed by atoms with Gasteiger partial charge in [-0.25, -0.2) is 54.4 Å². The van der Waals surface area contributed by atoms with Crippen molar-refractivity contribution >= 4 is 47.0 Å². The van der Waals surface area contributed by atoms with Gasteiger partial charge in [0.25, 0.3) is 0 Å². The van der Waals surface area contributed by atoms with Crippen molar-refractivity contribution in [3.63, 3.8) is 0 Å². The lowest BCUT2D eigenvalue weighted by atomic mass is 10.1. The number of halogens is 6. The van der Waals surface area contributed by atoms with Crippen LogP contribution in [-0.4, -0.2) is 332 Å². The molecule has 8 rings (SSSR count).